The number of hydrogen-bond donors (Lipinski definition) is 0. The van der Waals surface area contributed by atoms with Gasteiger partial charge in [0.05, 0.1) is 0 Å². The molecular weight excluding hydrogens is 310 g/mol. The van der Waals surface area contributed by atoms with E-state index < -0.39 is 0 Å². The number of carbonyl (C=O) groups is 1. The lowest BCUT2D eigenvalue weighted by Gasteiger charge is -2.23. The number of nitrogens with zero attached hydrogens (tertiary/aromatic N) is 3. The van der Waals surface area contributed by atoms with Gasteiger partial charge in [-0.15, -0.1) is 0 Å². The number of hydrogen-bond acceptors (Lipinski definition) is 5. The van der Waals surface area contributed by atoms with E-state index in [1.165, 1.54) is 0 Å². The lowest BCUT2D eigenvalue weighted by atomic mass is 10.1. The van der Waals surface area contributed by atoms with Crippen LogP contribution in [0.5, 0.6) is 0 Å². The van der Waals surface area contributed by atoms with Gasteiger partial charge in [-0.05, 0) is 36.6 Å². The Morgan fingerprint density at radius 2 is 2.30 bits per heavy atom. The summed E-state index contributed by atoms with van der Waals surface area (Å²) in [5.74, 6) is 1.98. The third-order valence-corrected chi connectivity index (χ3v) is 4.74. The zero-order chi connectivity index (χ0) is 16.2. The summed E-state index contributed by atoms with van der Waals surface area (Å²) >= 11 is 1.60. The third-order valence-electron chi connectivity index (χ3n) is 4.06. The number of aryl methyl sites for hydroxylation is 1. The molecule has 23 heavy (non-hydrogen) atoms. The molecule has 5 nitrogen and oxygen atoms in total. The van der Waals surface area contributed by atoms with Crippen LogP contribution in [-0.4, -0.2) is 33.5 Å². The van der Waals surface area contributed by atoms with E-state index in [0.29, 0.717) is 36.5 Å². The Bertz CT molecular complexity index is 632. The van der Waals surface area contributed by atoms with Crippen LogP contribution in [-0.2, 0) is 11.2 Å². The van der Waals surface area contributed by atoms with E-state index in [1.54, 1.807) is 11.3 Å². The Kier molecular flexibility index (Phi) is 5.10. The van der Waals surface area contributed by atoms with Crippen LogP contribution in [0, 0.1) is 5.92 Å². The molecule has 2 aromatic heterocycles. The molecule has 6 heteroatoms. The zero-order valence-corrected chi connectivity index (χ0v) is 14.5. The number of aromatic nitrogens is 2. The summed E-state index contributed by atoms with van der Waals surface area (Å²) in [5, 5.41) is 7.95. The summed E-state index contributed by atoms with van der Waals surface area (Å²) in [6.07, 6.45) is 4.31. The lowest BCUT2D eigenvalue weighted by molar-refractivity contribution is -0.132. The highest BCUT2D eigenvalue weighted by atomic mass is 32.1. The van der Waals surface area contributed by atoms with E-state index in [9.17, 15) is 4.79 Å². The van der Waals surface area contributed by atoms with Crippen LogP contribution in [0.4, 0.5) is 0 Å². The average molecular weight is 333 g/mol. The first-order valence-electron chi connectivity index (χ1n) is 8.28. The van der Waals surface area contributed by atoms with Crippen LogP contribution in [0.15, 0.2) is 21.3 Å². The molecule has 0 aliphatic heterocycles. The van der Waals surface area contributed by atoms with Crippen molar-refractivity contribution in [2.45, 2.75) is 52.0 Å². The summed E-state index contributed by atoms with van der Waals surface area (Å²) in [6, 6.07) is 2.43. The Balaban J connectivity index is 1.53. The number of thiophene rings is 1. The van der Waals surface area contributed by atoms with Crippen LogP contribution in [0.1, 0.15) is 45.4 Å². The van der Waals surface area contributed by atoms with Crippen LogP contribution >= 0.6 is 11.3 Å². The van der Waals surface area contributed by atoms with Crippen molar-refractivity contribution in [1.82, 2.24) is 15.0 Å². The van der Waals surface area contributed by atoms with Crippen molar-refractivity contribution in [3.05, 3.63) is 22.7 Å². The van der Waals surface area contributed by atoms with E-state index in [1.807, 2.05) is 16.8 Å². The van der Waals surface area contributed by atoms with Crippen molar-refractivity contribution < 1.29 is 9.32 Å². The maximum absolute atomic E-state index is 12.5. The second-order valence-corrected chi connectivity index (χ2v) is 7.30. The van der Waals surface area contributed by atoms with Crippen LogP contribution in [0.25, 0.3) is 11.4 Å². The van der Waals surface area contributed by atoms with Gasteiger partial charge in [-0.25, -0.2) is 0 Å². The number of carbonyl (C=O) groups excluding carboxylic acids is 1. The van der Waals surface area contributed by atoms with E-state index >= 15 is 0 Å². The van der Waals surface area contributed by atoms with Crippen molar-refractivity contribution in [3.63, 3.8) is 0 Å². The standard InChI is InChI=1S/C17H23N3O2S/c1-12(2)7-9-20(14-3-4-14)16(21)6-5-15-18-17(19-22-15)13-8-10-23-11-13/h8,10-12,14H,3-7,9H2,1-2H3. The van der Waals surface area contributed by atoms with Gasteiger partial charge in [-0.1, -0.05) is 19.0 Å². The zero-order valence-electron chi connectivity index (χ0n) is 13.7. The predicted octanol–water partition coefficient (Wildman–Crippen LogP) is 3.77. The molecule has 0 aromatic carbocycles. The summed E-state index contributed by atoms with van der Waals surface area (Å²) < 4.78 is 5.27. The lowest BCUT2D eigenvalue weighted by Crippen LogP contribution is -2.34. The topological polar surface area (TPSA) is 59.2 Å². The van der Waals surface area contributed by atoms with Gasteiger partial charge in [0.15, 0.2) is 0 Å². The van der Waals surface area contributed by atoms with Gasteiger partial charge >= 0.3 is 0 Å². The highest BCUT2D eigenvalue weighted by Crippen LogP contribution is 2.28. The highest BCUT2D eigenvalue weighted by Gasteiger charge is 2.32. The summed E-state index contributed by atoms with van der Waals surface area (Å²) in [6.45, 7) is 5.26. The Morgan fingerprint density at radius 3 is 2.96 bits per heavy atom. The molecule has 0 N–H and O–H groups in total. The molecule has 0 atom stereocenters. The molecule has 1 aliphatic rings. The monoisotopic (exact) mass is 333 g/mol. The minimum Gasteiger partial charge on any atom is -0.340 e. The SMILES string of the molecule is CC(C)CCN(C(=O)CCc1nc(-c2ccsc2)no1)C1CC1. The first-order chi connectivity index (χ1) is 11.1. The summed E-state index contributed by atoms with van der Waals surface area (Å²) in [5.41, 5.74) is 0.966. The number of rotatable bonds is 8. The molecule has 1 saturated carbocycles. The molecule has 0 spiro atoms. The molecule has 1 aliphatic carbocycles. The molecule has 124 valence electrons. The highest BCUT2D eigenvalue weighted by molar-refractivity contribution is 7.08. The fourth-order valence-corrected chi connectivity index (χ4v) is 3.15. The molecule has 0 unspecified atom stereocenters. The van der Waals surface area contributed by atoms with Crippen LogP contribution in [0.3, 0.4) is 0 Å². The van der Waals surface area contributed by atoms with Gasteiger partial charge in [-0.2, -0.15) is 16.3 Å². The molecule has 0 saturated heterocycles. The van der Waals surface area contributed by atoms with Crippen LogP contribution in [0.2, 0.25) is 0 Å². The minimum atomic E-state index is 0.212. The predicted molar refractivity (Wildman–Crippen MR) is 90.1 cm³/mol. The van der Waals surface area contributed by atoms with Crippen molar-refractivity contribution in [1.29, 1.82) is 0 Å². The second-order valence-electron chi connectivity index (χ2n) is 6.52. The molecule has 2 aromatic rings. The Morgan fingerprint density at radius 1 is 1.48 bits per heavy atom. The van der Waals surface area contributed by atoms with Crippen molar-refractivity contribution >= 4 is 17.2 Å². The fraction of sp³-hybridized carbons (Fsp3) is 0.588. The van der Waals surface area contributed by atoms with Gasteiger partial charge < -0.3 is 9.42 Å². The van der Waals surface area contributed by atoms with E-state index in [4.69, 9.17) is 4.52 Å². The summed E-state index contributed by atoms with van der Waals surface area (Å²) in [7, 11) is 0. The van der Waals surface area contributed by atoms with E-state index in [-0.39, 0.29) is 5.91 Å². The Hall–Kier alpha value is -1.69. The van der Waals surface area contributed by atoms with Gasteiger partial charge in [0.2, 0.25) is 17.6 Å². The van der Waals surface area contributed by atoms with Gasteiger partial charge in [0.1, 0.15) is 0 Å². The first-order valence-corrected chi connectivity index (χ1v) is 9.22. The van der Waals surface area contributed by atoms with Crippen molar-refractivity contribution in [2.75, 3.05) is 6.54 Å². The van der Waals surface area contributed by atoms with Gasteiger partial charge in [0.25, 0.3) is 0 Å². The molecule has 0 bridgehead atoms. The summed E-state index contributed by atoms with van der Waals surface area (Å²) in [4.78, 5) is 18.9. The average Bonchev–Trinajstić information content (AvgIpc) is 3.04. The molecular formula is C17H23N3O2S. The number of amides is 1. The van der Waals surface area contributed by atoms with Gasteiger partial charge in [-0.3, -0.25) is 4.79 Å². The quantitative estimate of drug-likeness (QED) is 0.738. The van der Waals surface area contributed by atoms with Crippen LogP contribution < -0.4 is 0 Å². The minimum absolute atomic E-state index is 0.212. The largest absolute Gasteiger partial charge is 0.340 e. The van der Waals surface area contributed by atoms with E-state index in [2.05, 4.69) is 28.9 Å². The third kappa shape index (κ3) is 4.41. The molecule has 0 radical (unpaired) electrons. The first kappa shape index (κ1) is 16.2. The Labute approximate surface area is 140 Å². The maximum atomic E-state index is 12.5. The molecule has 3 rings (SSSR count). The smallest absolute Gasteiger partial charge is 0.227 e. The van der Waals surface area contributed by atoms with Crippen molar-refractivity contribution in [3.8, 4) is 11.4 Å². The molecule has 1 amide bonds. The maximum Gasteiger partial charge on any atom is 0.227 e. The van der Waals surface area contributed by atoms with E-state index in [0.717, 1.165) is 31.4 Å². The fourth-order valence-electron chi connectivity index (χ4n) is 2.52. The molecule has 2 heterocycles. The van der Waals surface area contributed by atoms with Crippen molar-refractivity contribution in [2.24, 2.45) is 5.92 Å². The van der Waals surface area contributed by atoms with Gasteiger partial charge in [0, 0.05) is 36.4 Å². The normalized spacial score (nSPS) is 14.4. The molecule has 1 fully saturated rings. The second kappa shape index (κ2) is 7.25.